The van der Waals surface area contributed by atoms with Gasteiger partial charge >= 0.3 is 5.97 Å². The first kappa shape index (κ1) is 20.2. The number of fused-ring (bicyclic) bond motifs is 3. The van der Waals surface area contributed by atoms with E-state index in [1.54, 1.807) is 12.3 Å². The van der Waals surface area contributed by atoms with Crippen LogP contribution < -0.4 is 5.32 Å². The van der Waals surface area contributed by atoms with E-state index in [1.807, 2.05) is 35.0 Å². The van der Waals surface area contributed by atoms with Gasteiger partial charge in [0.05, 0.1) is 41.7 Å². The van der Waals surface area contributed by atoms with Crippen LogP contribution in [0.4, 0.5) is 5.13 Å². The van der Waals surface area contributed by atoms with E-state index in [0.717, 1.165) is 45.9 Å². The quantitative estimate of drug-likeness (QED) is 0.460. The normalized spacial score (nSPS) is 12.2. The number of thiazole rings is 1. The van der Waals surface area contributed by atoms with Crippen LogP contribution in [0, 0.1) is 0 Å². The third kappa shape index (κ3) is 3.60. The highest BCUT2D eigenvalue weighted by Gasteiger charge is 2.30. The summed E-state index contributed by atoms with van der Waals surface area (Å²) in [6.45, 7) is 1.93. The number of hydrogen-bond donors (Lipinski definition) is 1. The smallest absolute Gasteiger partial charge is 0.337 e. The summed E-state index contributed by atoms with van der Waals surface area (Å²) in [5.41, 5.74) is 5.22. The van der Waals surface area contributed by atoms with Crippen LogP contribution in [0.2, 0.25) is 0 Å². The molecular formula is C23H20N4O4S. The van der Waals surface area contributed by atoms with Crippen LogP contribution in [-0.2, 0) is 28.9 Å². The number of ether oxygens (including phenoxy) is 1. The van der Waals surface area contributed by atoms with Crippen LogP contribution in [0.1, 0.15) is 34.1 Å². The predicted molar refractivity (Wildman–Crippen MR) is 120 cm³/mol. The molecule has 1 aromatic carbocycles. The van der Waals surface area contributed by atoms with Gasteiger partial charge in [-0.1, -0.05) is 23.5 Å². The van der Waals surface area contributed by atoms with Crippen molar-refractivity contribution in [1.82, 2.24) is 14.8 Å². The fourth-order valence-corrected chi connectivity index (χ4v) is 5.09. The third-order valence-corrected chi connectivity index (χ3v) is 6.31. The molecule has 0 bridgehead atoms. The first-order chi connectivity index (χ1) is 15.5. The number of carbonyl (C=O) groups excluding carboxylic acids is 2. The molecule has 3 aromatic heterocycles. The number of aryl methyl sites for hydroxylation is 1. The number of nitrogens with zero attached hydrogens (tertiary/aromatic N) is 3. The first-order valence-corrected chi connectivity index (χ1v) is 10.9. The molecule has 4 aromatic rings. The average Bonchev–Trinajstić information content (AvgIpc) is 3.51. The van der Waals surface area contributed by atoms with Crippen LogP contribution >= 0.6 is 11.3 Å². The molecule has 0 saturated heterocycles. The molecule has 5 rings (SSSR count). The zero-order valence-electron chi connectivity index (χ0n) is 17.5. The summed E-state index contributed by atoms with van der Waals surface area (Å²) in [5.74, 6) is 0.175. The molecule has 0 fully saturated rings. The van der Waals surface area contributed by atoms with Crippen molar-refractivity contribution in [2.45, 2.75) is 26.3 Å². The Morgan fingerprint density at radius 2 is 2.12 bits per heavy atom. The van der Waals surface area contributed by atoms with E-state index in [4.69, 9.17) is 14.3 Å². The van der Waals surface area contributed by atoms with Gasteiger partial charge < -0.3 is 14.5 Å². The van der Waals surface area contributed by atoms with E-state index >= 15 is 0 Å². The van der Waals surface area contributed by atoms with Crippen LogP contribution in [-0.4, -0.2) is 33.8 Å². The third-order valence-electron chi connectivity index (χ3n) is 5.29. The van der Waals surface area contributed by atoms with Crippen molar-refractivity contribution in [3.8, 4) is 22.0 Å². The van der Waals surface area contributed by atoms with Gasteiger partial charge in [-0.3, -0.25) is 9.48 Å². The molecule has 0 aliphatic heterocycles. The highest BCUT2D eigenvalue weighted by atomic mass is 32.1. The summed E-state index contributed by atoms with van der Waals surface area (Å²) in [6, 6.07) is 11.1. The number of anilines is 1. The van der Waals surface area contributed by atoms with Gasteiger partial charge in [0.15, 0.2) is 10.9 Å². The molecule has 1 N–H and O–H groups in total. The van der Waals surface area contributed by atoms with Crippen molar-refractivity contribution >= 4 is 28.3 Å². The average molecular weight is 449 g/mol. The van der Waals surface area contributed by atoms with Crippen molar-refractivity contribution in [2.75, 3.05) is 12.4 Å². The molecule has 0 radical (unpaired) electrons. The zero-order chi connectivity index (χ0) is 22.2. The highest BCUT2D eigenvalue weighted by Crippen LogP contribution is 2.43. The van der Waals surface area contributed by atoms with Crippen LogP contribution in [0.15, 0.2) is 47.1 Å². The number of amides is 1. The number of carbonyl (C=O) groups is 2. The summed E-state index contributed by atoms with van der Waals surface area (Å²) in [4.78, 5) is 29.1. The number of furan rings is 1. The molecule has 162 valence electrons. The maximum atomic E-state index is 12.0. The number of esters is 1. The number of aromatic nitrogens is 3. The molecule has 9 heteroatoms. The zero-order valence-corrected chi connectivity index (χ0v) is 18.4. The second-order valence-electron chi connectivity index (χ2n) is 7.48. The van der Waals surface area contributed by atoms with Gasteiger partial charge in [0, 0.05) is 12.5 Å². The Hall–Kier alpha value is -3.72. The molecule has 8 nitrogen and oxygen atoms in total. The molecule has 0 spiro atoms. The van der Waals surface area contributed by atoms with Gasteiger partial charge in [-0.25, -0.2) is 9.78 Å². The van der Waals surface area contributed by atoms with Crippen molar-refractivity contribution in [1.29, 1.82) is 0 Å². The molecule has 0 saturated carbocycles. The summed E-state index contributed by atoms with van der Waals surface area (Å²) < 4.78 is 12.4. The Balaban J connectivity index is 1.62. The number of methoxy groups -OCH3 is 1. The van der Waals surface area contributed by atoms with E-state index in [9.17, 15) is 9.59 Å². The molecular weight excluding hydrogens is 428 g/mol. The van der Waals surface area contributed by atoms with Gasteiger partial charge in [0.25, 0.3) is 0 Å². The van der Waals surface area contributed by atoms with Crippen LogP contribution in [0.3, 0.4) is 0 Å². The number of benzene rings is 1. The highest BCUT2D eigenvalue weighted by molar-refractivity contribution is 7.19. The summed E-state index contributed by atoms with van der Waals surface area (Å²) >= 11 is 1.44. The number of nitrogens with one attached hydrogen (secondary N) is 1. The minimum Gasteiger partial charge on any atom is -0.465 e. The van der Waals surface area contributed by atoms with Gasteiger partial charge in [-0.2, -0.15) is 5.10 Å². The monoisotopic (exact) mass is 448 g/mol. The molecule has 1 amide bonds. The first-order valence-electron chi connectivity index (χ1n) is 10.1. The topological polar surface area (TPSA) is 99.3 Å². The maximum absolute atomic E-state index is 12.0. The predicted octanol–water partition coefficient (Wildman–Crippen LogP) is 4.16. The van der Waals surface area contributed by atoms with Crippen molar-refractivity contribution in [3.63, 3.8) is 0 Å². The van der Waals surface area contributed by atoms with E-state index in [2.05, 4.69) is 10.3 Å². The lowest BCUT2D eigenvalue weighted by molar-refractivity contribution is -0.114. The Labute approximate surface area is 187 Å². The lowest BCUT2D eigenvalue weighted by atomic mass is 9.97. The van der Waals surface area contributed by atoms with Gasteiger partial charge in [-0.05, 0) is 42.7 Å². The van der Waals surface area contributed by atoms with Gasteiger partial charge in [0.2, 0.25) is 5.91 Å². The van der Waals surface area contributed by atoms with Crippen LogP contribution in [0.25, 0.3) is 22.0 Å². The Kier molecular flexibility index (Phi) is 5.10. The lowest BCUT2D eigenvalue weighted by Gasteiger charge is -2.14. The Bertz CT molecular complexity index is 1320. The molecule has 1 aliphatic rings. The second kappa shape index (κ2) is 8.08. The maximum Gasteiger partial charge on any atom is 0.337 e. The van der Waals surface area contributed by atoms with E-state index < -0.39 is 0 Å². The standard InChI is InChI=1S/C23H20N4O4S/c1-13(28)24-23-25-17-9-8-16-19(18-7-4-10-31-18)26-27(20(16)21(17)32-23)12-14-5-3-6-15(11-14)22(29)30-2/h3-7,10-11H,8-9,12H2,1-2H3,(H,24,25,28). The second-order valence-corrected chi connectivity index (χ2v) is 8.48. The van der Waals surface area contributed by atoms with E-state index in [0.29, 0.717) is 23.0 Å². The van der Waals surface area contributed by atoms with Crippen molar-refractivity contribution in [2.24, 2.45) is 0 Å². The number of rotatable bonds is 5. The molecule has 0 atom stereocenters. The Morgan fingerprint density at radius 1 is 1.25 bits per heavy atom. The molecule has 32 heavy (non-hydrogen) atoms. The van der Waals surface area contributed by atoms with Crippen molar-refractivity contribution in [3.05, 3.63) is 65.0 Å². The van der Waals surface area contributed by atoms with Gasteiger partial charge in [-0.15, -0.1) is 0 Å². The largest absolute Gasteiger partial charge is 0.465 e. The Morgan fingerprint density at radius 3 is 2.88 bits per heavy atom. The lowest BCUT2D eigenvalue weighted by Crippen LogP contribution is -2.09. The van der Waals surface area contributed by atoms with E-state index in [1.165, 1.54) is 25.4 Å². The van der Waals surface area contributed by atoms with Gasteiger partial charge in [0.1, 0.15) is 5.69 Å². The molecule has 1 aliphatic carbocycles. The summed E-state index contributed by atoms with van der Waals surface area (Å²) in [6.07, 6.45) is 3.16. The SMILES string of the molecule is COC(=O)c1cccc(Cn2nc(-c3ccco3)c3c2-c2sc(NC(C)=O)nc2CC3)c1. The summed E-state index contributed by atoms with van der Waals surface area (Å²) in [7, 11) is 1.37. The summed E-state index contributed by atoms with van der Waals surface area (Å²) in [5, 5.41) is 8.26. The van der Waals surface area contributed by atoms with Crippen LogP contribution in [0.5, 0.6) is 0 Å². The fraction of sp³-hybridized carbons (Fsp3) is 0.217. The van der Waals surface area contributed by atoms with E-state index in [-0.39, 0.29) is 11.9 Å². The molecule has 3 heterocycles. The molecule has 0 unspecified atom stereocenters. The minimum absolute atomic E-state index is 0.152. The van der Waals surface area contributed by atoms with Crippen molar-refractivity contribution < 1.29 is 18.7 Å². The fourth-order valence-electron chi connectivity index (χ4n) is 3.96. The number of hydrogen-bond acceptors (Lipinski definition) is 7. The minimum atomic E-state index is -0.379.